The van der Waals surface area contributed by atoms with E-state index in [1.165, 1.54) is 24.1 Å². The number of carbonyl (C=O) groups excluding carboxylic acids is 2. The third-order valence-electron chi connectivity index (χ3n) is 7.36. The van der Waals surface area contributed by atoms with Gasteiger partial charge in [-0.2, -0.15) is 0 Å². The van der Waals surface area contributed by atoms with Gasteiger partial charge in [0.05, 0.1) is 17.7 Å². The van der Waals surface area contributed by atoms with Gasteiger partial charge in [-0.05, 0) is 80.8 Å². The van der Waals surface area contributed by atoms with Gasteiger partial charge in [-0.3, -0.25) is 13.9 Å². The molecule has 0 heterocycles. The maximum atomic E-state index is 14.0. The van der Waals surface area contributed by atoms with Crippen molar-refractivity contribution in [2.45, 2.75) is 63.1 Å². The van der Waals surface area contributed by atoms with Crippen molar-refractivity contribution in [2.75, 3.05) is 18.0 Å². The van der Waals surface area contributed by atoms with Crippen LogP contribution >= 0.6 is 11.6 Å². The van der Waals surface area contributed by atoms with E-state index >= 15 is 0 Å². The summed E-state index contributed by atoms with van der Waals surface area (Å²) in [5.74, 6) is -0.247. The summed E-state index contributed by atoms with van der Waals surface area (Å²) in [5, 5.41) is 3.57. The van der Waals surface area contributed by atoms with Gasteiger partial charge in [0.25, 0.3) is 10.0 Å². The fourth-order valence-corrected chi connectivity index (χ4v) is 6.55. The molecular formula is C31H36ClN3O5S. The van der Waals surface area contributed by atoms with E-state index in [1.807, 2.05) is 13.0 Å². The van der Waals surface area contributed by atoms with Crippen LogP contribution in [0.5, 0.6) is 5.75 Å². The summed E-state index contributed by atoms with van der Waals surface area (Å²) < 4.78 is 34.2. The third-order valence-corrected chi connectivity index (χ3v) is 9.38. The van der Waals surface area contributed by atoms with Gasteiger partial charge in [0.2, 0.25) is 11.8 Å². The van der Waals surface area contributed by atoms with Crippen LogP contribution in [-0.2, 0) is 26.2 Å². The number of halogens is 1. The lowest BCUT2D eigenvalue weighted by atomic mass is 10.1. The number of sulfonamides is 1. The van der Waals surface area contributed by atoms with E-state index < -0.39 is 28.5 Å². The summed E-state index contributed by atoms with van der Waals surface area (Å²) in [5.41, 5.74) is 1.93. The first-order chi connectivity index (χ1) is 19.6. The van der Waals surface area contributed by atoms with Crippen LogP contribution < -0.4 is 14.4 Å². The van der Waals surface area contributed by atoms with Gasteiger partial charge in [-0.25, -0.2) is 8.42 Å². The molecular weight excluding hydrogens is 562 g/mol. The van der Waals surface area contributed by atoms with Crippen LogP contribution in [0.2, 0.25) is 5.02 Å². The zero-order valence-corrected chi connectivity index (χ0v) is 25.1. The Morgan fingerprint density at radius 3 is 2.29 bits per heavy atom. The Kier molecular flexibility index (Phi) is 9.94. The second kappa shape index (κ2) is 13.4. The topological polar surface area (TPSA) is 96.0 Å². The highest BCUT2D eigenvalue weighted by molar-refractivity contribution is 7.92. The molecule has 8 nitrogen and oxygen atoms in total. The van der Waals surface area contributed by atoms with Gasteiger partial charge in [0, 0.05) is 17.6 Å². The molecule has 1 atom stereocenters. The number of nitrogens with zero attached hydrogens (tertiary/aromatic N) is 2. The highest BCUT2D eigenvalue weighted by atomic mass is 35.5. The normalized spacial score (nSPS) is 14.3. The van der Waals surface area contributed by atoms with E-state index in [2.05, 4.69) is 5.32 Å². The van der Waals surface area contributed by atoms with E-state index in [9.17, 15) is 18.0 Å². The average Bonchev–Trinajstić information content (AvgIpc) is 3.47. The van der Waals surface area contributed by atoms with Crippen LogP contribution in [0.4, 0.5) is 5.69 Å². The molecule has 1 fully saturated rings. The van der Waals surface area contributed by atoms with Crippen molar-refractivity contribution in [3.8, 4) is 5.75 Å². The predicted octanol–water partition coefficient (Wildman–Crippen LogP) is 5.33. The number of hydrogen-bond donors (Lipinski definition) is 1. The molecule has 41 heavy (non-hydrogen) atoms. The first-order valence-electron chi connectivity index (χ1n) is 13.7. The smallest absolute Gasteiger partial charge is 0.264 e. The standard InChI is InChI=1S/C31H36ClN3O5S/c1-22-11-17-29(18-12-22)41(38,39)35(27-13-15-28(40-3)16-14-27)21-30(36)34(20-24-7-6-8-25(32)19-24)23(2)31(37)33-26-9-4-5-10-26/h6-8,11-19,23,26H,4-5,9-10,20-21H2,1-3H3,(H,33,37)/t23-/m0/s1. The molecule has 0 spiro atoms. The Morgan fingerprint density at radius 1 is 1.02 bits per heavy atom. The number of anilines is 1. The number of carbonyl (C=O) groups is 2. The van der Waals surface area contributed by atoms with Crippen molar-refractivity contribution in [1.29, 1.82) is 0 Å². The zero-order chi connectivity index (χ0) is 29.6. The molecule has 0 aliphatic heterocycles. The molecule has 4 rings (SSSR count). The molecule has 2 amide bonds. The van der Waals surface area contributed by atoms with Crippen molar-refractivity contribution >= 4 is 39.1 Å². The summed E-state index contributed by atoms with van der Waals surface area (Å²) in [6.45, 7) is 3.11. The van der Waals surface area contributed by atoms with E-state index in [4.69, 9.17) is 16.3 Å². The number of amides is 2. The zero-order valence-electron chi connectivity index (χ0n) is 23.5. The van der Waals surface area contributed by atoms with Gasteiger partial charge in [0.15, 0.2) is 0 Å². The summed E-state index contributed by atoms with van der Waals surface area (Å²) >= 11 is 6.21. The molecule has 1 saturated carbocycles. The Balaban J connectivity index is 1.69. The van der Waals surface area contributed by atoms with Crippen molar-refractivity contribution in [3.63, 3.8) is 0 Å². The van der Waals surface area contributed by atoms with Gasteiger partial charge in [-0.15, -0.1) is 0 Å². The number of aryl methyl sites for hydroxylation is 1. The van der Waals surface area contributed by atoms with Gasteiger partial charge in [0.1, 0.15) is 18.3 Å². The monoisotopic (exact) mass is 597 g/mol. The Morgan fingerprint density at radius 2 is 1.68 bits per heavy atom. The molecule has 218 valence electrons. The molecule has 0 radical (unpaired) electrons. The molecule has 3 aromatic carbocycles. The third kappa shape index (κ3) is 7.59. The summed E-state index contributed by atoms with van der Waals surface area (Å²) in [7, 11) is -2.62. The lowest BCUT2D eigenvalue weighted by molar-refractivity contribution is -0.139. The number of nitrogens with one attached hydrogen (secondary N) is 1. The van der Waals surface area contributed by atoms with Crippen molar-refractivity contribution < 1.29 is 22.7 Å². The first kappa shape index (κ1) is 30.4. The number of methoxy groups -OCH3 is 1. The van der Waals surface area contributed by atoms with Crippen molar-refractivity contribution in [2.24, 2.45) is 0 Å². The highest BCUT2D eigenvalue weighted by Gasteiger charge is 2.33. The van der Waals surface area contributed by atoms with E-state index in [0.29, 0.717) is 16.5 Å². The first-order valence-corrected chi connectivity index (χ1v) is 15.5. The molecule has 1 aliphatic carbocycles. The fourth-order valence-electron chi connectivity index (χ4n) is 4.92. The Labute approximate surface area is 247 Å². The summed E-state index contributed by atoms with van der Waals surface area (Å²) in [6.07, 6.45) is 3.91. The van der Waals surface area contributed by atoms with Gasteiger partial charge >= 0.3 is 0 Å². The summed E-state index contributed by atoms with van der Waals surface area (Å²) in [6, 6.07) is 19.2. The minimum atomic E-state index is -4.14. The maximum absolute atomic E-state index is 14.0. The van der Waals surface area contributed by atoms with E-state index in [0.717, 1.165) is 41.1 Å². The minimum absolute atomic E-state index is 0.0557. The molecule has 3 aromatic rings. The SMILES string of the molecule is COc1ccc(N(CC(=O)N(Cc2cccc(Cl)c2)[C@@H](C)C(=O)NC2CCCC2)S(=O)(=O)c2ccc(C)cc2)cc1. The van der Waals surface area contributed by atoms with Gasteiger partial charge < -0.3 is 15.0 Å². The largest absolute Gasteiger partial charge is 0.497 e. The van der Waals surface area contributed by atoms with Gasteiger partial charge in [-0.1, -0.05) is 54.3 Å². The molecule has 1 N–H and O–H groups in total. The van der Waals surface area contributed by atoms with Crippen LogP contribution in [0.15, 0.2) is 77.7 Å². The fraction of sp³-hybridized carbons (Fsp3) is 0.355. The van der Waals surface area contributed by atoms with E-state index in [1.54, 1.807) is 61.5 Å². The molecule has 0 bridgehead atoms. The van der Waals surface area contributed by atoms with Crippen LogP contribution in [0.25, 0.3) is 0 Å². The number of ether oxygens (including phenoxy) is 1. The Hall–Kier alpha value is -3.56. The molecule has 1 aliphatic rings. The maximum Gasteiger partial charge on any atom is 0.264 e. The molecule has 10 heteroatoms. The second-order valence-electron chi connectivity index (χ2n) is 10.3. The number of benzene rings is 3. The Bertz CT molecular complexity index is 1460. The molecule has 0 aromatic heterocycles. The van der Waals surface area contributed by atoms with Crippen LogP contribution in [0.3, 0.4) is 0 Å². The quantitative estimate of drug-likeness (QED) is 0.322. The molecule has 0 saturated heterocycles. The minimum Gasteiger partial charge on any atom is -0.497 e. The van der Waals surface area contributed by atoms with Crippen LogP contribution in [0.1, 0.15) is 43.7 Å². The predicted molar refractivity (Wildman–Crippen MR) is 161 cm³/mol. The second-order valence-corrected chi connectivity index (χ2v) is 12.6. The van der Waals surface area contributed by atoms with E-state index in [-0.39, 0.29) is 23.4 Å². The van der Waals surface area contributed by atoms with Crippen molar-refractivity contribution in [1.82, 2.24) is 10.2 Å². The lowest BCUT2D eigenvalue weighted by Gasteiger charge is -2.32. The molecule has 0 unspecified atom stereocenters. The van der Waals surface area contributed by atoms with Crippen LogP contribution in [-0.4, -0.2) is 50.9 Å². The number of hydrogen-bond acceptors (Lipinski definition) is 5. The van der Waals surface area contributed by atoms with Crippen LogP contribution in [0, 0.1) is 6.92 Å². The average molecular weight is 598 g/mol. The lowest BCUT2D eigenvalue weighted by Crippen LogP contribution is -2.52. The number of rotatable bonds is 11. The highest BCUT2D eigenvalue weighted by Crippen LogP contribution is 2.27. The van der Waals surface area contributed by atoms with Crippen molar-refractivity contribution in [3.05, 3.63) is 88.9 Å². The summed E-state index contributed by atoms with van der Waals surface area (Å²) in [4.78, 5) is 28.8.